The smallest absolute Gasteiger partial charge is 0.317 e. The fourth-order valence-electron chi connectivity index (χ4n) is 2.12. The fourth-order valence-corrected chi connectivity index (χ4v) is 2.12. The lowest BCUT2D eigenvalue weighted by atomic mass is 9.72. The maximum Gasteiger partial charge on any atom is 0.317 e. The van der Waals surface area contributed by atoms with Crippen molar-refractivity contribution in [1.29, 1.82) is 0 Å². The lowest BCUT2D eigenvalue weighted by molar-refractivity contribution is -0.146. The molecule has 80 valence electrons. The van der Waals surface area contributed by atoms with Crippen molar-refractivity contribution in [2.24, 2.45) is 16.3 Å². The highest BCUT2D eigenvalue weighted by atomic mass is 16.4. The summed E-state index contributed by atoms with van der Waals surface area (Å²) in [5.41, 5.74) is -0.872. The summed E-state index contributed by atoms with van der Waals surface area (Å²) in [7, 11) is 0. The fraction of sp³-hybridized carbons (Fsp3) is 0.455. The Morgan fingerprint density at radius 2 is 2.20 bits per heavy atom. The van der Waals surface area contributed by atoms with Gasteiger partial charge < -0.3 is 10.4 Å². The van der Waals surface area contributed by atoms with Crippen LogP contribution in [0.5, 0.6) is 0 Å². The van der Waals surface area contributed by atoms with Gasteiger partial charge in [0.2, 0.25) is 0 Å². The minimum atomic E-state index is -0.872. The molecule has 2 heterocycles. The molecular weight excluding hydrogens is 192 g/mol. The van der Waals surface area contributed by atoms with Crippen LogP contribution in [0.3, 0.4) is 0 Å². The molecule has 2 aliphatic heterocycles. The van der Waals surface area contributed by atoms with E-state index in [0.29, 0.717) is 6.54 Å². The molecule has 15 heavy (non-hydrogen) atoms. The van der Waals surface area contributed by atoms with Gasteiger partial charge in [-0.05, 0) is 43.6 Å². The maximum atomic E-state index is 11.4. The summed E-state index contributed by atoms with van der Waals surface area (Å²) < 4.78 is 0. The van der Waals surface area contributed by atoms with E-state index in [9.17, 15) is 9.90 Å². The molecule has 1 atom stereocenters. The summed E-state index contributed by atoms with van der Waals surface area (Å²) in [6.45, 7) is 0.598. The topological polar surface area (TPSA) is 61.7 Å². The Balaban J connectivity index is 2.29. The zero-order valence-electron chi connectivity index (χ0n) is 8.39. The highest BCUT2D eigenvalue weighted by Gasteiger charge is 2.42. The average Bonchev–Trinajstić information content (AvgIpc) is 2.31. The molecule has 4 heteroatoms. The summed E-state index contributed by atoms with van der Waals surface area (Å²) in [6, 6.07) is 0. The molecule has 0 fully saturated rings. The second-order valence-corrected chi connectivity index (χ2v) is 3.89. The van der Waals surface area contributed by atoms with Crippen LogP contribution < -0.4 is 5.32 Å². The van der Waals surface area contributed by atoms with E-state index in [4.69, 9.17) is 0 Å². The number of rotatable bonds is 2. The quantitative estimate of drug-likeness (QED) is 0.713. The van der Waals surface area contributed by atoms with Crippen molar-refractivity contribution in [3.63, 3.8) is 0 Å². The SMILES string of the molecule is O=C(O)C1(C2CCC=NC2)C=CNC=C1. The molecule has 4 nitrogen and oxygen atoms in total. The molecule has 0 radical (unpaired) electrons. The van der Waals surface area contributed by atoms with Gasteiger partial charge in [-0.3, -0.25) is 9.79 Å². The lowest BCUT2D eigenvalue weighted by Crippen LogP contribution is -2.39. The summed E-state index contributed by atoms with van der Waals surface area (Å²) >= 11 is 0. The van der Waals surface area contributed by atoms with Gasteiger partial charge in [-0.2, -0.15) is 0 Å². The molecular formula is C11H14N2O2. The van der Waals surface area contributed by atoms with Gasteiger partial charge in [-0.25, -0.2) is 0 Å². The van der Waals surface area contributed by atoms with E-state index in [-0.39, 0.29) is 5.92 Å². The van der Waals surface area contributed by atoms with E-state index in [1.165, 1.54) is 0 Å². The van der Waals surface area contributed by atoms with Crippen LogP contribution in [-0.4, -0.2) is 23.8 Å². The lowest BCUT2D eigenvalue weighted by Gasteiger charge is -2.33. The van der Waals surface area contributed by atoms with Crippen LogP contribution in [0.1, 0.15) is 12.8 Å². The van der Waals surface area contributed by atoms with Crippen molar-refractivity contribution in [2.45, 2.75) is 12.8 Å². The van der Waals surface area contributed by atoms with Crippen molar-refractivity contribution >= 4 is 12.2 Å². The monoisotopic (exact) mass is 206 g/mol. The number of aliphatic imine (C=N–C) groups is 1. The first kappa shape index (κ1) is 9.96. The van der Waals surface area contributed by atoms with E-state index in [2.05, 4.69) is 10.3 Å². The normalized spacial score (nSPS) is 27.3. The van der Waals surface area contributed by atoms with Crippen LogP contribution in [-0.2, 0) is 4.79 Å². The van der Waals surface area contributed by atoms with Crippen LogP contribution in [0.4, 0.5) is 0 Å². The van der Waals surface area contributed by atoms with Crippen molar-refractivity contribution in [3.05, 3.63) is 24.6 Å². The summed E-state index contributed by atoms with van der Waals surface area (Å²) in [6.07, 6.45) is 10.4. The van der Waals surface area contributed by atoms with Gasteiger partial charge in [0, 0.05) is 12.5 Å². The molecule has 0 aliphatic carbocycles. The summed E-state index contributed by atoms with van der Waals surface area (Å²) in [5, 5.41) is 12.2. The molecule has 0 spiro atoms. The van der Waals surface area contributed by atoms with E-state index in [0.717, 1.165) is 12.8 Å². The Bertz CT molecular complexity index is 332. The van der Waals surface area contributed by atoms with Crippen molar-refractivity contribution in [3.8, 4) is 0 Å². The molecule has 0 bridgehead atoms. The number of aliphatic carboxylic acids is 1. The standard InChI is InChI=1S/C11H14N2O2/c14-10(15)11(3-6-12-7-4-11)9-2-1-5-13-8-9/h3-7,9,12H,1-2,8H2,(H,14,15). The predicted octanol–water partition coefficient (Wildman–Crippen LogP) is 1.17. The Hall–Kier alpha value is -1.58. The van der Waals surface area contributed by atoms with E-state index in [1.54, 1.807) is 24.6 Å². The number of carboxylic acid groups (broad SMARTS) is 1. The summed E-state index contributed by atoms with van der Waals surface area (Å²) in [5.74, 6) is -0.729. The number of nitrogens with zero attached hydrogens (tertiary/aromatic N) is 1. The van der Waals surface area contributed by atoms with E-state index < -0.39 is 11.4 Å². The van der Waals surface area contributed by atoms with Crippen LogP contribution in [0.15, 0.2) is 29.5 Å². The first-order chi connectivity index (χ1) is 7.26. The highest BCUT2D eigenvalue weighted by molar-refractivity contribution is 5.80. The zero-order valence-corrected chi connectivity index (χ0v) is 8.39. The second kappa shape index (κ2) is 3.88. The van der Waals surface area contributed by atoms with Gasteiger partial charge in [0.15, 0.2) is 0 Å². The van der Waals surface area contributed by atoms with Crippen molar-refractivity contribution in [2.75, 3.05) is 6.54 Å². The number of hydrogen-bond acceptors (Lipinski definition) is 3. The van der Waals surface area contributed by atoms with Gasteiger partial charge in [0.1, 0.15) is 5.41 Å². The van der Waals surface area contributed by atoms with Gasteiger partial charge in [-0.15, -0.1) is 0 Å². The average molecular weight is 206 g/mol. The molecule has 0 saturated heterocycles. The van der Waals surface area contributed by atoms with Gasteiger partial charge in [-0.1, -0.05) is 0 Å². The second-order valence-electron chi connectivity index (χ2n) is 3.89. The van der Waals surface area contributed by atoms with Gasteiger partial charge >= 0.3 is 5.97 Å². The van der Waals surface area contributed by atoms with Crippen LogP contribution in [0.2, 0.25) is 0 Å². The zero-order chi connectivity index (χ0) is 10.7. The molecule has 2 aliphatic rings. The van der Waals surface area contributed by atoms with E-state index >= 15 is 0 Å². The largest absolute Gasteiger partial charge is 0.480 e. The molecule has 0 amide bonds. The van der Waals surface area contributed by atoms with Crippen molar-refractivity contribution in [1.82, 2.24) is 5.32 Å². The maximum absolute atomic E-state index is 11.4. The van der Waals surface area contributed by atoms with Crippen LogP contribution >= 0.6 is 0 Å². The Kier molecular flexibility index (Phi) is 2.58. The molecule has 0 aromatic rings. The number of dihydropyridines is 1. The molecule has 0 saturated carbocycles. The third-order valence-electron chi connectivity index (χ3n) is 3.06. The molecule has 0 aromatic carbocycles. The van der Waals surface area contributed by atoms with Crippen LogP contribution in [0.25, 0.3) is 0 Å². The number of nitrogens with one attached hydrogen (secondary N) is 1. The molecule has 0 aromatic heterocycles. The van der Waals surface area contributed by atoms with Gasteiger partial charge in [0.25, 0.3) is 0 Å². The highest BCUT2D eigenvalue weighted by Crippen LogP contribution is 2.37. The minimum absolute atomic E-state index is 0.0644. The third kappa shape index (κ3) is 1.67. The first-order valence-corrected chi connectivity index (χ1v) is 5.09. The van der Waals surface area contributed by atoms with E-state index in [1.807, 2.05) is 6.21 Å². The predicted molar refractivity (Wildman–Crippen MR) is 57.6 cm³/mol. The number of hydrogen-bond donors (Lipinski definition) is 2. The van der Waals surface area contributed by atoms with Crippen molar-refractivity contribution < 1.29 is 9.90 Å². The molecule has 2 N–H and O–H groups in total. The number of carboxylic acids is 1. The van der Waals surface area contributed by atoms with Gasteiger partial charge in [0.05, 0.1) is 0 Å². The Morgan fingerprint density at radius 3 is 2.73 bits per heavy atom. The minimum Gasteiger partial charge on any atom is -0.480 e. The molecule has 1 unspecified atom stereocenters. The first-order valence-electron chi connectivity index (χ1n) is 5.09. The third-order valence-corrected chi connectivity index (χ3v) is 3.06. The van der Waals surface area contributed by atoms with Crippen LogP contribution in [0, 0.1) is 11.3 Å². The Labute approximate surface area is 88.4 Å². The summed E-state index contributed by atoms with van der Waals surface area (Å²) in [4.78, 5) is 15.6. The molecule has 2 rings (SSSR count). The number of carbonyl (C=O) groups is 1. The Morgan fingerprint density at radius 1 is 1.47 bits per heavy atom.